The Bertz CT molecular complexity index is 1120. The second-order valence-electron chi connectivity index (χ2n) is 7.74. The van der Waals surface area contributed by atoms with Crippen LogP contribution in [0.5, 0.6) is 0 Å². The van der Waals surface area contributed by atoms with Crippen LogP contribution in [-0.4, -0.2) is 66.4 Å². The molecule has 3 amide bonds. The first-order chi connectivity index (χ1) is 16.5. The van der Waals surface area contributed by atoms with Gasteiger partial charge in [0.25, 0.3) is 5.91 Å². The third-order valence-corrected chi connectivity index (χ3v) is 6.27. The first-order valence-electron chi connectivity index (χ1n) is 10.8. The van der Waals surface area contributed by atoms with E-state index in [4.69, 9.17) is 16.3 Å². The third-order valence-electron chi connectivity index (χ3n) is 5.41. The number of amides is 3. The summed E-state index contributed by atoms with van der Waals surface area (Å²) in [6.45, 7) is 6.11. The lowest BCUT2D eigenvalue weighted by Gasteiger charge is -2.31. The van der Waals surface area contributed by atoms with Gasteiger partial charge in [-0.15, -0.1) is 10.2 Å². The zero-order valence-electron chi connectivity index (χ0n) is 18.7. The van der Waals surface area contributed by atoms with E-state index in [1.165, 1.54) is 11.3 Å². The monoisotopic (exact) mass is 500 g/mol. The van der Waals surface area contributed by atoms with Gasteiger partial charge in [-0.25, -0.2) is 4.79 Å². The number of halogens is 1. The van der Waals surface area contributed by atoms with Gasteiger partial charge < -0.3 is 10.1 Å². The number of rotatable bonds is 7. The van der Waals surface area contributed by atoms with E-state index in [0.717, 1.165) is 24.3 Å². The molecule has 0 radical (unpaired) electrons. The fraction of sp³-hybridized carbons (Fsp3) is 0.304. The quantitative estimate of drug-likeness (QED) is 0.506. The van der Waals surface area contributed by atoms with Gasteiger partial charge in [-0.05, 0) is 55.0 Å². The van der Waals surface area contributed by atoms with Crippen LogP contribution in [0.2, 0.25) is 5.02 Å². The Morgan fingerprint density at radius 2 is 1.91 bits per heavy atom. The second kappa shape index (κ2) is 11.4. The molecule has 1 aliphatic rings. The summed E-state index contributed by atoms with van der Waals surface area (Å²) in [5, 5.41) is 14.3. The average Bonchev–Trinajstić information content (AvgIpc) is 3.35. The molecule has 2 heterocycles. The first kappa shape index (κ1) is 24.1. The molecule has 1 saturated heterocycles. The van der Waals surface area contributed by atoms with Crippen LogP contribution in [0.1, 0.15) is 15.9 Å². The van der Waals surface area contributed by atoms with Gasteiger partial charge in [0.1, 0.15) is 5.51 Å². The summed E-state index contributed by atoms with van der Waals surface area (Å²) in [4.78, 5) is 29.9. The van der Waals surface area contributed by atoms with Crippen molar-refractivity contribution >= 4 is 51.4 Å². The van der Waals surface area contributed by atoms with Crippen LogP contribution in [0.4, 0.5) is 21.3 Å². The van der Waals surface area contributed by atoms with E-state index >= 15 is 0 Å². The molecule has 0 unspecified atom stereocenters. The number of nitrogens with one attached hydrogen (secondary N) is 2. The fourth-order valence-corrected chi connectivity index (χ4v) is 4.18. The third kappa shape index (κ3) is 6.29. The maximum Gasteiger partial charge on any atom is 0.326 e. The maximum atomic E-state index is 13.3. The molecule has 9 nitrogen and oxygen atoms in total. The van der Waals surface area contributed by atoms with Crippen molar-refractivity contribution in [1.29, 1.82) is 0 Å². The zero-order chi connectivity index (χ0) is 23.9. The Morgan fingerprint density at radius 3 is 2.59 bits per heavy atom. The molecule has 2 aromatic carbocycles. The van der Waals surface area contributed by atoms with Crippen molar-refractivity contribution in [2.75, 3.05) is 54.9 Å². The molecule has 1 fully saturated rings. The molecule has 1 aliphatic heterocycles. The van der Waals surface area contributed by atoms with Gasteiger partial charge in [0.2, 0.25) is 5.13 Å². The minimum atomic E-state index is -0.281. The topological polar surface area (TPSA) is 99.7 Å². The highest BCUT2D eigenvalue weighted by atomic mass is 35.5. The number of aromatic nitrogens is 2. The summed E-state index contributed by atoms with van der Waals surface area (Å²) >= 11 is 7.22. The highest BCUT2D eigenvalue weighted by Gasteiger charge is 2.21. The van der Waals surface area contributed by atoms with Crippen molar-refractivity contribution in [1.82, 2.24) is 15.1 Å². The summed E-state index contributed by atoms with van der Waals surface area (Å²) in [5.74, 6) is -0.281. The highest BCUT2D eigenvalue weighted by Crippen LogP contribution is 2.24. The normalized spacial score (nSPS) is 13.9. The number of carbonyl (C=O) groups excluding carboxylic acids is 2. The molecule has 2 N–H and O–H groups in total. The molecule has 0 aliphatic carbocycles. The molecule has 0 bridgehead atoms. The average molecular weight is 501 g/mol. The summed E-state index contributed by atoms with van der Waals surface area (Å²) in [5.41, 5.74) is 4.21. The molecule has 178 valence electrons. The van der Waals surface area contributed by atoms with Crippen molar-refractivity contribution in [3.63, 3.8) is 0 Å². The lowest BCUT2D eigenvalue weighted by Crippen LogP contribution is -2.44. The van der Waals surface area contributed by atoms with Crippen molar-refractivity contribution < 1.29 is 14.3 Å². The molecule has 0 saturated carbocycles. The molecule has 0 spiro atoms. The van der Waals surface area contributed by atoms with Crippen LogP contribution in [0, 0.1) is 6.92 Å². The number of urea groups is 1. The van der Waals surface area contributed by atoms with Crippen molar-refractivity contribution in [2.24, 2.45) is 0 Å². The summed E-state index contributed by atoms with van der Waals surface area (Å²) in [6, 6.07) is 12.0. The Kier molecular flexibility index (Phi) is 8.07. The predicted molar refractivity (Wildman–Crippen MR) is 134 cm³/mol. The Morgan fingerprint density at radius 1 is 1.15 bits per heavy atom. The van der Waals surface area contributed by atoms with E-state index in [9.17, 15) is 9.59 Å². The number of benzene rings is 2. The van der Waals surface area contributed by atoms with E-state index in [2.05, 4.69) is 25.7 Å². The molecule has 11 heteroatoms. The summed E-state index contributed by atoms with van der Waals surface area (Å²) in [6.07, 6.45) is 0. The largest absolute Gasteiger partial charge is 0.379 e. The number of hydrogen-bond donors (Lipinski definition) is 2. The van der Waals surface area contributed by atoms with Gasteiger partial charge in [-0.1, -0.05) is 22.9 Å². The van der Waals surface area contributed by atoms with Gasteiger partial charge in [-0.3, -0.25) is 19.9 Å². The number of morpholine rings is 1. The molecular weight excluding hydrogens is 476 g/mol. The lowest BCUT2D eigenvalue weighted by atomic mass is 10.1. The van der Waals surface area contributed by atoms with Gasteiger partial charge in [-0.2, -0.15) is 0 Å². The summed E-state index contributed by atoms with van der Waals surface area (Å²) in [7, 11) is 0. The van der Waals surface area contributed by atoms with Gasteiger partial charge in [0.05, 0.1) is 13.2 Å². The first-order valence-corrected chi connectivity index (χ1v) is 12.1. The molecule has 4 rings (SSSR count). The van der Waals surface area contributed by atoms with Crippen LogP contribution in [-0.2, 0) is 4.74 Å². The van der Waals surface area contributed by atoms with Crippen molar-refractivity contribution in [3.05, 3.63) is 64.1 Å². The number of ether oxygens (including phenoxy) is 1. The minimum absolute atomic E-state index is 0.259. The standard InChI is InChI=1S/C23H25ClN6O3S/c1-16-14-17(21(31)27-22-28-25-15-34-22)2-7-20(16)30(9-8-29-10-12-33-13-11-29)23(32)26-19-5-3-18(24)4-6-19/h2-7,14-15H,8-13H2,1H3,(H,26,32)(H,27,28,31). The van der Waals surface area contributed by atoms with Crippen molar-refractivity contribution in [2.45, 2.75) is 6.92 Å². The van der Waals surface area contributed by atoms with Crippen molar-refractivity contribution in [3.8, 4) is 0 Å². The van der Waals surface area contributed by atoms with Gasteiger partial charge in [0.15, 0.2) is 0 Å². The van der Waals surface area contributed by atoms with Gasteiger partial charge >= 0.3 is 6.03 Å². The lowest BCUT2D eigenvalue weighted by molar-refractivity contribution is 0.0393. The van der Waals surface area contributed by atoms with E-state index in [1.54, 1.807) is 52.9 Å². The van der Waals surface area contributed by atoms with Crippen LogP contribution in [0.3, 0.4) is 0 Å². The molecular formula is C23H25ClN6O3S. The fourth-order valence-electron chi connectivity index (χ4n) is 3.62. The molecule has 0 atom stereocenters. The van der Waals surface area contributed by atoms with Crippen LogP contribution in [0.15, 0.2) is 48.0 Å². The van der Waals surface area contributed by atoms with E-state index < -0.39 is 0 Å². The number of carbonyl (C=O) groups is 2. The molecule has 1 aromatic heterocycles. The number of anilines is 3. The second-order valence-corrected chi connectivity index (χ2v) is 9.01. The zero-order valence-corrected chi connectivity index (χ0v) is 20.2. The number of nitrogens with zero attached hydrogens (tertiary/aromatic N) is 4. The molecule has 34 heavy (non-hydrogen) atoms. The van der Waals surface area contributed by atoms with Crippen LogP contribution in [0.25, 0.3) is 0 Å². The van der Waals surface area contributed by atoms with E-state index in [1.807, 2.05) is 6.92 Å². The van der Waals surface area contributed by atoms with Crippen LogP contribution >= 0.6 is 22.9 Å². The summed E-state index contributed by atoms with van der Waals surface area (Å²) < 4.78 is 5.43. The van der Waals surface area contributed by atoms with E-state index in [0.29, 0.717) is 47.7 Å². The SMILES string of the molecule is Cc1cc(C(=O)Nc2nncs2)ccc1N(CCN1CCOCC1)C(=O)Nc1ccc(Cl)cc1. The predicted octanol–water partition coefficient (Wildman–Crippen LogP) is 4.12. The Balaban J connectivity index is 1.53. The maximum absolute atomic E-state index is 13.3. The number of hydrogen-bond acceptors (Lipinski definition) is 7. The van der Waals surface area contributed by atoms with Crippen LogP contribution < -0.4 is 15.5 Å². The van der Waals surface area contributed by atoms with Gasteiger partial charge in [0, 0.05) is 48.1 Å². The Labute approximate surface area is 206 Å². The highest BCUT2D eigenvalue weighted by molar-refractivity contribution is 7.13. The number of aryl methyl sites for hydroxylation is 1. The van der Waals surface area contributed by atoms with E-state index in [-0.39, 0.29) is 11.9 Å². The minimum Gasteiger partial charge on any atom is -0.379 e. The Hall–Kier alpha value is -3.05. The smallest absolute Gasteiger partial charge is 0.326 e. The molecule has 3 aromatic rings.